The monoisotopic (exact) mass is 244 g/mol. The molecule has 2 aromatic heterocycles. The van der Waals surface area contributed by atoms with Crippen molar-refractivity contribution in [3.8, 4) is 0 Å². The van der Waals surface area contributed by atoms with E-state index in [1.54, 1.807) is 0 Å². The molecule has 1 atom stereocenters. The summed E-state index contributed by atoms with van der Waals surface area (Å²) >= 11 is 0. The number of hydrogen-bond donors (Lipinski definition) is 1. The molecule has 18 heavy (non-hydrogen) atoms. The van der Waals surface area contributed by atoms with Gasteiger partial charge in [0.05, 0.1) is 5.39 Å². The van der Waals surface area contributed by atoms with Crippen LogP contribution in [0.15, 0.2) is 6.07 Å². The molecule has 2 aromatic rings. The van der Waals surface area contributed by atoms with Crippen LogP contribution in [0.2, 0.25) is 0 Å². The van der Waals surface area contributed by atoms with E-state index in [1.165, 1.54) is 12.8 Å². The summed E-state index contributed by atoms with van der Waals surface area (Å²) in [5.41, 5.74) is 2.12. The number of H-pyrrole nitrogens is 1. The zero-order chi connectivity index (χ0) is 12.7. The fourth-order valence-corrected chi connectivity index (χ4v) is 2.86. The maximum absolute atomic E-state index is 4.67. The Morgan fingerprint density at radius 1 is 1.33 bits per heavy atom. The number of nitrogens with one attached hydrogen (secondary N) is 1. The van der Waals surface area contributed by atoms with Gasteiger partial charge in [0, 0.05) is 18.8 Å². The van der Waals surface area contributed by atoms with Gasteiger partial charge in [-0.1, -0.05) is 6.92 Å². The molecule has 1 saturated heterocycles. The van der Waals surface area contributed by atoms with Crippen molar-refractivity contribution in [3.63, 3.8) is 0 Å². The molecule has 3 heterocycles. The highest BCUT2D eigenvalue weighted by molar-refractivity contribution is 5.88. The molecule has 1 unspecified atom stereocenters. The van der Waals surface area contributed by atoms with Gasteiger partial charge in [-0.05, 0) is 38.7 Å². The van der Waals surface area contributed by atoms with Crippen molar-refractivity contribution in [2.45, 2.75) is 33.6 Å². The molecule has 4 nitrogen and oxygen atoms in total. The molecule has 0 aliphatic carbocycles. The Morgan fingerprint density at radius 3 is 2.94 bits per heavy atom. The second-order valence-corrected chi connectivity index (χ2v) is 5.50. The summed E-state index contributed by atoms with van der Waals surface area (Å²) in [5, 5.41) is 1.16. The van der Waals surface area contributed by atoms with Crippen molar-refractivity contribution in [1.29, 1.82) is 0 Å². The lowest BCUT2D eigenvalue weighted by atomic mass is 10.0. The molecule has 1 fully saturated rings. The number of nitrogens with zero attached hydrogens (tertiary/aromatic N) is 3. The highest BCUT2D eigenvalue weighted by atomic mass is 15.2. The number of fused-ring (bicyclic) bond motifs is 1. The van der Waals surface area contributed by atoms with Crippen molar-refractivity contribution >= 4 is 16.9 Å². The Labute approximate surface area is 107 Å². The first-order valence-electron chi connectivity index (χ1n) is 6.72. The molecule has 96 valence electrons. The predicted octanol–water partition coefficient (Wildman–Crippen LogP) is 2.81. The van der Waals surface area contributed by atoms with Crippen molar-refractivity contribution < 1.29 is 0 Å². The summed E-state index contributed by atoms with van der Waals surface area (Å²) in [6, 6.07) is 2.16. The van der Waals surface area contributed by atoms with Crippen molar-refractivity contribution in [2.24, 2.45) is 5.92 Å². The molecule has 1 aliphatic rings. The Hall–Kier alpha value is -1.58. The van der Waals surface area contributed by atoms with Crippen molar-refractivity contribution in [2.75, 3.05) is 18.0 Å². The molecule has 1 N–H and O–H groups in total. The molecule has 1 aliphatic heterocycles. The highest BCUT2D eigenvalue weighted by Crippen LogP contribution is 2.28. The first-order chi connectivity index (χ1) is 8.63. The zero-order valence-electron chi connectivity index (χ0n) is 11.3. The quantitative estimate of drug-likeness (QED) is 0.839. The Morgan fingerprint density at radius 2 is 2.17 bits per heavy atom. The molecule has 0 spiro atoms. The number of aryl methyl sites for hydroxylation is 2. The average Bonchev–Trinajstić information content (AvgIpc) is 2.68. The summed E-state index contributed by atoms with van der Waals surface area (Å²) in [6.45, 7) is 8.57. The third-order valence-electron chi connectivity index (χ3n) is 3.67. The summed E-state index contributed by atoms with van der Waals surface area (Å²) in [5.74, 6) is 2.70. The third kappa shape index (κ3) is 1.96. The fraction of sp³-hybridized carbons (Fsp3) is 0.571. The first kappa shape index (κ1) is 11.5. The number of piperidine rings is 1. The van der Waals surface area contributed by atoms with E-state index >= 15 is 0 Å². The van der Waals surface area contributed by atoms with E-state index in [2.05, 4.69) is 39.8 Å². The second-order valence-electron chi connectivity index (χ2n) is 5.50. The summed E-state index contributed by atoms with van der Waals surface area (Å²) in [6.07, 6.45) is 2.59. The number of aromatic amines is 1. The van der Waals surface area contributed by atoms with Gasteiger partial charge < -0.3 is 9.88 Å². The molecular weight excluding hydrogens is 224 g/mol. The minimum Gasteiger partial charge on any atom is -0.356 e. The Kier molecular flexibility index (Phi) is 2.73. The number of aromatic nitrogens is 3. The van der Waals surface area contributed by atoms with Gasteiger partial charge in [0.25, 0.3) is 0 Å². The number of anilines is 1. The number of hydrogen-bond acceptors (Lipinski definition) is 3. The van der Waals surface area contributed by atoms with Crippen LogP contribution in [-0.4, -0.2) is 28.0 Å². The molecule has 4 heteroatoms. The maximum atomic E-state index is 4.67. The van der Waals surface area contributed by atoms with Crippen LogP contribution in [0.1, 0.15) is 31.3 Å². The number of rotatable bonds is 1. The van der Waals surface area contributed by atoms with Crippen LogP contribution in [0.5, 0.6) is 0 Å². The van der Waals surface area contributed by atoms with Crippen LogP contribution in [0, 0.1) is 19.8 Å². The fourth-order valence-electron chi connectivity index (χ4n) is 2.86. The highest BCUT2D eigenvalue weighted by Gasteiger charge is 2.20. The second kappa shape index (κ2) is 4.26. The lowest BCUT2D eigenvalue weighted by Crippen LogP contribution is -2.35. The van der Waals surface area contributed by atoms with Crippen molar-refractivity contribution in [1.82, 2.24) is 15.0 Å². The van der Waals surface area contributed by atoms with E-state index in [-0.39, 0.29) is 0 Å². The summed E-state index contributed by atoms with van der Waals surface area (Å²) in [4.78, 5) is 14.9. The van der Waals surface area contributed by atoms with Crippen LogP contribution < -0.4 is 4.90 Å². The van der Waals surface area contributed by atoms with Gasteiger partial charge in [0.2, 0.25) is 0 Å². The first-order valence-corrected chi connectivity index (χ1v) is 6.72. The van der Waals surface area contributed by atoms with Gasteiger partial charge in [-0.3, -0.25) is 0 Å². The van der Waals surface area contributed by atoms with Gasteiger partial charge >= 0.3 is 0 Å². The van der Waals surface area contributed by atoms with E-state index < -0.39 is 0 Å². The minimum absolute atomic E-state index is 0.754. The van der Waals surface area contributed by atoms with E-state index in [0.717, 1.165) is 47.4 Å². The van der Waals surface area contributed by atoms with E-state index in [4.69, 9.17) is 0 Å². The Bertz CT molecular complexity index is 572. The Balaban J connectivity index is 2.09. The largest absolute Gasteiger partial charge is 0.356 e. The van der Waals surface area contributed by atoms with Gasteiger partial charge in [-0.25, -0.2) is 9.97 Å². The van der Waals surface area contributed by atoms with Gasteiger partial charge in [-0.15, -0.1) is 0 Å². The van der Waals surface area contributed by atoms with Crippen LogP contribution in [-0.2, 0) is 0 Å². The van der Waals surface area contributed by atoms with Crippen LogP contribution >= 0.6 is 0 Å². The van der Waals surface area contributed by atoms with E-state index in [9.17, 15) is 0 Å². The zero-order valence-corrected chi connectivity index (χ0v) is 11.3. The molecule has 0 bridgehead atoms. The standard InChI is InChI=1S/C14H20N4/c1-9-5-4-6-18(8-9)14-12-7-10(2)15-13(12)16-11(3)17-14/h7,9H,4-6,8H2,1-3H3,(H,15,16,17). The summed E-state index contributed by atoms with van der Waals surface area (Å²) in [7, 11) is 0. The maximum Gasteiger partial charge on any atom is 0.143 e. The molecule has 0 radical (unpaired) electrons. The van der Waals surface area contributed by atoms with E-state index in [1.807, 2.05) is 6.92 Å². The van der Waals surface area contributed by atoms with E-state index in [0.29, 0.717) is 0 Å². The third-order valence-corrected chi connectivity index (χ3v) is 3.67. The molecule has 0 aromatic carbocycles. The van der Waals surface area contributed by atoms with Gasteiger partial charge in [0.15, 0.2) is 0 Å². The normalized spacial score (nSPS) is 20.6. The van der Waals surface area contributed by atoms with Gasteiger partial charge in [-0.2, -0.15) is 0 Å². The SMILES string of the molecule is Cc1nc(N2CCCC(C)C2)c2cc(C)[nH]c2n1. The predicted molar refractivity (Wildman–Crippen MR) is 74.0 cm³/mol. The minimum atomic E-state index is 0.754. The van der Waals surface area contributed by atoms with Crippen LogP contribution in [0.4, 0.5) is 5.82 Å². The molecule has 0 amide bonds. The molecular formula is C14H20N4. The molecule has 3 rings (SSSR count). The topological polar surface area (TPSA) is 44.8 Å². The molecule has 0 saturated carbocycles. The lowest BCUT2D eigenvalue weighted by Gasteiger charge is -2.32. The average molecular weight is 244 g/mol. The van der Waals surface area contributed by atoms with Crippen molar-refractivity contribution in [3.05, 3.63) is 17.6 Å². The smallest absolute Gasteiger partial charge is 0.143 e. The lowest BCUT2D eigenvalue weighted by molar-refractivity contribution is 0.445. The van der Waals surface area contributed by atoms with Crippen LogP contribution in [0.25, 0.3) is 11.0 Å². The summed E-state index contributed by atoms with van der Waals surface area (Å²) < 4.78 is 0. The van der Waals surface area contributed by atoms with Gasteiger partial charge in [0.1, 0.15) is 17.3 Å². The van der Waals surface area contributed by atoms with Crippen LogP contribution in [0.3, 0.4) is 0 Å².